The summed E-state index contributed by atoms with van der Waals surface area (Å²) in [5.74, 6) is 0.0939. The first-order valence-electron chi connectivity index (χ1n) is 4.70. The molecule has 0 amide bonds. The lowest BCUT2D eigenvalue weighted by Gasteiger charge is -2.04. The highest BCUT2D eigenvalue weighted by Crippen LogP contribution is 2.32. The van der Waals surface area contributed by atoms with Gasteiger partial charge in [0.25, 0.3) is 0 Å². The maximum Gasteiger partial charge on any atom is 0.154 e. The molecule has 82 valence electrons. The molecule has 16 heavy (non-hydrogen) atoms. The van der Waals surface area contributed by atoms with E-state index in [1.54, 1.807) is 23.1 Å². The summed E-state index contributed by atoms with van der Waals surface area (Å²) in [5, 5.41) is 9.51. The Kier molecular flexibility index (Phi) is 3.26. The monoisotopic (exact) mass is 249 g/mol. The Balaban J connectivity index is 2.31. The molecule has 1 aromatic carbocycles. The SMILES string of the molecule is Cc1csc(Sc2ccccc2C(=N)N)n1. The zero-order valence-electron chi connectivity index (χ0n) is 8.73. The number of nitrogens with two attached hydrogens (primary N) is 1. The highest BCUT2D eigenvalue weighted by atomic mass is 32.2. The number of nitrogen functional groups attached to an aromatic ring is 1. The van der Waals surface area contributed by atoms with Crippen LogP contribution in [0, 0.1) is 12.3 Å². The van der Waals surface area contributed by atoms with E-state index in [0.717, 1.165) is 20.5 Å². The van der Waals surface area contributed by atoms with Gasteiger partial charge in [0.2, 0.25) is 0 Å². The molecule has 5 heteroatoms. The number of nitrogens with zero attached hydrogens (tertiary/aromatic N) is 1. The van der Waals surface area contributed by atoms with Gasteiger partial charge < -0.3 is 5.73 Å². The second kappa shape index (κ2) is 4.67. The Morgan fingerprint density at radius 2 is 2.19 bits per heavy atom. The number of aromatic nitrogens is 1. The van der Waals surface area contributed by atoms with Crippen molar-refractivity contribution in [3.63, 3.8) is 0 Å². The van der Waals surface area contributed by atoms with Gasteiger partial charge >= 0.3 is 0 Å². The molecule has 0 spiro atoms. The van der Waals surface area contributed by atoms with E-state index in [1.165, 1.54) is 0 Å². The van der Waals surface area contributed by atoms with E-state index in [0.29, 0.717) is 0 Å². The minimum Gasteiger partial charge on any atom is -0.384 e. The van der Waals surface area contributed by atoms with Crippen molar-refractivity contribution in [2.24, 2.45) is 5.73 Å². The number of aryl methyl sites for hydroxylation is 1. The van der Waals surface area contributed by atoms with Crippen LogP contribution >= 0.6 is 23.1 Å². The molecule has 0 fully saturated rings. The van der Waals surface area contributed by atoms with Crippen LogP contribution in [0.1, 0.15) is 11.3 Å². The average molecular weight is 249 g/mol. The first-order chi connectivity index (χ1) is 7.66. The molecule has 0 aliphatic carbocycles. The number of hydrogen-bond donors (Lipinski definition) is 2. The van der Waals surface area contributed by atoms with E-state index in [9.17, 15) is 0 Å². The van der Waals surface area contributed by atoms with Crippen molar-refractivity contribution in [1.29, 1.82) is 5.41 Å². The van der Waals surface area contributed by atoms with E-state index < -0.39 is 0 Å². The third kappa shape index (κ3) is 2.43. The molecule has 0 unspecified atom stereocenters. The minimum atomic E-state index is 0.0939. The molecule has 1 aromatic heterocycles. The molecule has 1 heterocycles. The van der Waals surface area contributed by atoms with Crippen LogP contribution in [-0.4, -0.2) is 10.8 Å². The third-order valence-corrected chi connectivity index (χ3v) is 4.10. The fourth-order valence-electron chi connectivity index (χ4n) is 1.25. The average Bonchev–Trinajstić information content (AvgIpc) is 2.64. The zero-order valence-corrected chi connectivity index (χ0v) is 10.4. The van der Waals surface area contributed by atoms with Crippen LogP contribution in [0.4, 0.5) is 0 Å². The second-order valence-electron chi connectivity index (χ2n) is 3.27. The van der Waals surface area contributed by atoms with Crippen molar-refractivity contribution in [1.82, 2.24) is 4.98 Å². The van der Waals surface area contributed by atoms with E-state index in [4.69, 9.17) is 11.1 Å². The Labute approximate surface area is 102 Å². The van der Waals surface area contributed by atoms with E-state index >= 15 is 0 Å². The predicted molar refractivity (Wildman–Crippen MR) is 68.4 cm³/mol. The summed E-state index contributed by atoms with van der Waals surface area (Å²) in [6.07, 6.45) is 0. The Morgan fingerprint density at radius 1 is 1.44 bits per heavy atom. The molecular formula is C11H11N3S2. The van der Waals surface area contributed by atoms with Crippen molar-refractivity contribution in [3.8, 4) is 0 Å². The van der Waals surface area contributed by atoms with Crippen molar-refractivity contribution in [3.05, 3.63) is 40.9 Å². The highest BCUT2D eigenvalue weighted by molar-refractivity contribution is 8.01. The van der Waals surface area contributed by atoms with Gasteiger partial charge in [0, 0.05) is 21.5 Å². The van der Waals surface area contributed by atoms with Gasteiger partial charge in [0.05, 0.1) is 0 Å². The topological polar surface area (TPSA) is 62.8 Å². The zero-order chi connectivity index (χ0) is 11.5. The number of hydrogen-bond acceptors (Lipinski definition) is 4. The lowest BCUT2D eigenvalue weighted by molar-refractivity contribution is 1.16. The van der Waals surface area contributed by atoms with Crippen LogP contribution in [0.2, 0.25) is 0 Å². The van der Waals surface area contributed by atoms with Crippen LogP contribution in [0.15, 0.2) is 38.9 Å². The van der Waals surface area contributed by atoms with Crippen molar-refractivity contribution < 1.29 is 0 Å². The maximum atomic E-state index is 7.49. The Bertz CT molecular complexity index is 519. The molecular weight excluding hydrogens is 238 g/mol. The summed E-state index contributed by atoms with van der Waals surface area (Å²) < 4.78 is 0.978. The summed E-state index contributed by atoms with van der Waals surface area (Å²) in [5.41, 5.74) is 7.31. The third-order valence-electron chi connectivity index (χ3n) is 1.97. The predicted octanol–water partition coefficient (Wildman–Crippen LogP) is 2.89. The molecule has 2 aromatic rings. The lowest BCUT2D eigenvalue weighted by atomic mass is 10.2. The number of thiazole rings is 1. The Hall–Kier alpha value is -1.33. The number of benzene rings is 1. The van der Waals surface area contributed by atoms with Crippen molar-refractivity contribution in [2.45, 2.75) is 16.2 Å². The molecule has 0 bridgehead atoms. The van der Waals surface area contributed by atoms with E-state index in [-0.39, 0.29) is 5.84 Å². The number of rotatable bonds is 3. The van der Waals surface area contributed by atoms with Gasteiger partial charge in [0.1, 0.15) is 5.84 Å². The molecule has 0 atom stereocenters. The molecule has 0 aliphatic rings. The largest absolute Gasteiger partial charge is 0.384 e. The van der Waals surface area contributed by atoms with Crippen molar-refractivity contribution >= 4 is 28.9 Å². The molecule has 0 saturated heterocycles. The Morgan fingerprint density at radius 3 is 2.81 bits per heavy atom. The quantitative estimate of drug-likeness (QED) is 0.649. The summed E-state index contributed by atoms with van der Waals surface area (Å²) in [7, 11) is 0. The fourth-order valence-corrected chi connectivity index (χ4v) is 3.19. The van der Waals surface area contributed by atoms with Gasteiger partial charge in [-0.2, -0.15) is 0 Å². The first kappa shape index (κ1) is 11.2. The normalized spacial score (nSPS) is 10.3. The fraction of sp³-hybridized carbons (Fsp3) is 0.0909. The van der Waals surface area contributed by atoms with Crippen LogP contribution in [0.25, 0.3) is 0 Å². The lowest BCUT2D eigenvalue weighted by Crippen LogP contribution is -2.11. The van der Waals surface area contributed by atoms with Crippen LogP contribution in [0.5, 0.6) is 0 Å². The minimum absolute atomic E-state index is 0.0939. The van der Waals surface area contributed by atoms with E-state index in [2.05, 4.69) is 4.98 Å². The maximum absolute atomic E-state index is 7.49. The smallest absolute Gasteiger partial charge is 0.154 e. The molecule has 0 saturated carbocycles. The summed E-state index contributed by atoms with van der Waals surface area (Å²) in [4.78, 5) is 5.35. The standard InChI is InChI=1S/C11H11N3S2/c1-7-6-15-11(14-7)16-9-5-3-2-4-8(9)10(12)13/h2-6H,1H3,(H3,12,13). The summed E-state index contributed by atoms with van der Waals surface area (Å²) >= 11 is 3.16. The van der Waals surface area contributed by atoms with Crippen molar-refractivity contribution in [2.75, 3.05) is 0 Å². The van der Waals surface area contributed by atoms with Crippen LogP contribution in [-0.2, 0) is 0 Å². The summed E-state index contributed by atoms with van der Waals surface area (Å²) in [6, 6.07) is 7.63. The highest BCUT2D eigenvalue weighted by Gasteiger charge is 2.08. The van der Waals surface area contributed by atoms with Crippen LogP contribution < -0.4 is 5.73 Å². The second-order valence-corrected chi connectivity index (χ2v) is 5.41. The van der Waals surface area contributed by atoms with Gasteiger partial charge in [-0.3, -0.25) is 5.41 Å². The molecule has 0 aliphatic heterocycles. The van der Waals surface area contributed by atoms with Gasteiger partial charge in [-0.1, -0.05) is 30.0 Å². The molecule has 3 N–H and O–H groups in total. The van der Waals surface area contributed by atoms with Gasteiger partial charge in [-0.15, -0.1) is 11.3 Å². The molecule has 2 rings (SSSR count). The van der Waals surface area contributed by atoms with Gasteiger partial charge in [-0.25, -0.2) is 4.98 Å². The van der Waals surface area contributed by atoms with Gasteiger partial charge in [-0.05, 0) is 13.0 Å². The van der Waals surface area contributed by atoms with Crippen LogP contribution in [0.3, 0.4) is 0 Å². The van der Waals surface area contributed by atoms with Gasteiger partial charge in [0.15, 0.2) is 4.34 Å². The number of nitrogens with one attached hydrogen (secondary N) is 1. The number of amidine groups is 1. The molecule has 3 nitrogen and oxygen atoms in total. The first-order valence-corrected chi connectivity index (χ1v) is 6.40. The summed E-state index contributed by atoms with van der Waals surface area (Å²) in [6.45, 7) is 1.97. The molecule has 0 radical (unpaired) electrons. The van der Waals surface area contributed by atoms with E-state index in [1.807, 2.05) is 36.6 Å².